The Balaban J connectivity index is 2.67. The molecule has 1 heterocycles. The van der Waals surface area contributed by atoms with Crippen molar-refractivity contribution in [1.82, 2.24) is 2.78 Å². The zero-order valence-electron chi connectivity index (χ0n) is 11.1. The van der Waals surface area contributed by atoms with Crippen LogP contribution < -0.4 is 0 Å². The van der Waals surface area contributed by atoms with Gasteiger partial charge in [0, 0.05) is 10.8 Å². The molecular formula is C16H16IN. The number of benzene rings is 2. The summed E-state index contributed by atoms with van der Waals surface area (Å²) in [5.41, 5.74) is 8.08. The summed E-state index contributed by atoms with van der Waals surface area (Å²) in [5.74, 6) is 0. The molecule has 1 aromatic heterocycles. The summed E-state index contributed by atoms with van der Waals surface area (Å²) in [6.07, 6.45) is 0. The Bertz CT molecular complexity index is 716. The van der Waals surface area contributed by atoms with Gasteiger partial charge in [-0.25, -0.2) is 0 Å². The first kappa shape index (κ1) is 12.0. The number of halogens is 1. The van der Waals surface area contributed by atoms with E-state index in [-0.39, 0.29) is 0 Å². The van der Waals surface area contributed by atoms with Crippen molar-refractivity contribution in [3.63, 3.8) is 0 Å². The summed E-state index contributed by atoms with van der Waals surface area (Å²) in [7, 11) is 0. The van der Waals surface area contributed by atoms with Gasteiger partial charge in [-0.1, -0.05) is 23.3 Å². The van der Waals surface area contributed by atoms with Crippen LogP contribution >= 0.6 is 22.9 Å². The fourth-order valence-electron chi connectivity index (χ4n) is 2.96. The molecule has 0 N–H and O–H groups in total. The number of rotatable bonds is 0. The standard InChI is InChI=1S/C16H16IN/c1-9-5-11(3)15-13(7-9)14-8-10(2)6-12(4)16(14)18(15)17/h5-8H,1-4H3. The number of hydrogen-bond donors (Lipinski definition) is 0. The van der Waals surface area contributed by atoms with Crippen molar-refractivity contribution in [2.45, 2.75) is 27.7 Å². The summed E-state index contributed by atoms with van der Waals surface area (Å²) >= 11 is 2.42. The lowest BCUT2D eigenvalue weighted by molar-refractivity contribution is 1.36. The minimum Gasteiger partial charge on any atom is -0.281 e. The lowest BCUT2D eigenvalue weighted by Crippen LogP contribution is -1.85. The van der Waals surface area contributed by atoms with Gasteiger partial charge in [-0.05, 0) is 51.0 Å². The van der Waals surface area contributed by atoms with E-state index in [1.54, 1.807) is 0 Å². The smallest absolute Gasteiger partial charge is 0.0646 e. The van der Waals surface area contributed by atoms with E-state index < -0.39 is 0 Å². The van der Waals surface area contributed by atoms with Crippen molar-refractivity contribution in [1.29, 1.82) is 0 Å². The second kappa shape index (κ2) is 3.98. The summed E-state index contributed by atoms with van der Waals surface area (Å²) < 4.78 is 2.31. The maximum atomic E-state index is 2.42. The van der Waals surface area contributed by atoms with Gasteiger partial charge in [0.05, 0.1) is 33.9 Å². The average Bonchev–Trinajstić information content (AvgIpc) is 2.52. The quantitative estimate of drug-likeness (QED) is 0.490. The second-order valence-corrected chi connectivity index (χ2v) is 6.20. The van der Waals surface area contributed by atoms with Crippen LogP contribution in [0.2, 0.25) is 0 Å². The molecule has 0 saturated carbocycles. The zero-order chi connectivity index (χ0) is 13.0. The van der Waals surface area contributed by atoms with Crippen LogP contribution in [-0.4, -0.2) is 2.78 Å². The lowest BCUT2D eigenvalue weighted by atomic mass is 10.0. The van der Waals surface area contributed by atoms with Gasteiger partial charge in [-0.15, -0.1) is 0 Å². The van der Waals surface area contributed by atoms with E-state index in [9.17, 15) is 0 Å². The van der Waals surface area contributed by atoms with Crippen LogP contribution in [-0.2, 0) is 0 Å². The van der Waals surface area contributed by atoms with Crippen molar-refractivity contribution in [2.75, 3.05) is 0 Å². The largest absolute Gasteiger partial charge is 0.281 e. The fraction of sp³-hybridized carbons (Fsp3) is 0.250. The first-order chi connectivity index (χ1) is 8.49. The molecular weight excluding hydrogens is 333 g/mol. The van der Waals surface area contributed by atoms with Crippen LogP contribution in [0.4, 0.5) is 0 Å². The van der Waals surface area contributed by atoms with Gasteiger partial charge >= 0.3 is 0 Å². The van der Waals surface area contributed by atoms with Crippen molar-refractivity contribution in [3.8, 4) is 0 Å². The predicted octanol–water partition coefficient (Wildman–Crippen LogP) is 5.23. The minimum atomic E-state index is 1.34. The summed E-state index contributed by atoms with van der Waals surface area (Å²) in [6, 6.07) is 9.13. The number of aryl methyl sites for hydroxylation is 4. The molecule has 3 rings (SSSR count). The molecule has 2 aromatic carbocycles. The van der Waals surface area contributed by atoms with Crippen LogP contribution in [0.25, 0.3) is 21.8 Å². The van der Waals surface area contributed by atoms with Gasteiger partial charge in [-0.3, -0.25) is 2.78 Å². The third-order valence-corrected chi connectivity index (χ3v) is 4.54. The number of fused-ring (bicyclic) bond motifs is 3. The molecule has 2 heteroatoms. The Labute approximate surface area is 121 Å². The Morgan fingerprint density at radius 2 is 1.11 bits per heavy atom. The monoisotopic (exact) mass is 349 g/mol. The van der Waals surface area contributed by atoms with Gasteiger partial charge in [0.15, 0.2) is 0 Å². The van der Waals surface area contributed by atoms with E-state index in [1.807, 2.05) is 0 Å². The van der Waals surface area contributed by atoms with Crippen molar-refractivity contribution < 1.29 is 0 Å². The molecule has 0 fully saturated rings. The molecule has 0 atom stereocenters. The third kappa shape index (κ3) is 1.58. The van der Waals surface area contributed by atoms with Crippen LogP contribution in [0, 0.1) is 27.7 Å². The highest BCUT2D eigenvalue weighted by Crippen LogP contribution is 2.35. The average molecular weight is 349 g/mol. The Morgan fingerprint density at radius 3 is 1.50 bits per heavy atom. The molecule has 0 saturated heterocycles. The molecule has 0 spiro atoms. The molecule has 18 heavy (non-hydrogen) atoms. The molecule has 1 nitrogen and oxygen atoms in total. The van der Waals surface area contributed by atoms with E-state index in [0.29, 0.717) is 0 Å². The van der Waals surface area contributed by atoms with Crippen molar-refractivity contribution in [2.24, 2.45) is 0 Å². The Hall–Kier alpha value is -1.03. The van der Waals surface area contributed by atoms with E-state index in [1.165, 1.54) is 44.1 Å². The minimum absolute atomic E-state index is 1.34. The first-order valence-electron chi connectivity index (χ1n) is 6.18. The van der Waals surface area contributed by atoms with Gasteiger partial charge in [0.2, 0.25) is 0 Å². The van der Waals surface area contributed by atoms with Crippen LogP contribution in [0.5, 0.6) is 0 Å². The molecule has 0 unspecified atom stereocenters. The fourth-order valence-corrected chi connectivity index (χ4v) is 4.24. The summed E-state index contributed by atoms with van der Waals surface area (Å²) in [6.45, 7) is 8.74. The van der Waals surface area contributed by atoms with Crippen LogP contribution in [0.3, 0.4) is 0 Å². The lowest BCUT2D eigenvalue weighted by Gasteiger charge is -2.02. The van der Waals surface area contributed by atoms with E-state index in [0.717, 1.165) is 0 Å². The Kier molecular flexibility index (Phi) is 2.66. The van der Waals surface area contributed by atoms with Gasteiger partial charge in [0.1, 0.15) is 0 Å². The van der Waals surface area contributed by atoms with Crippen molar-refractivity contribution >= 4 is 44.7 Å². The molecule has 0 radical (unpaired) electrons. The predicted molar refractivity (Wildman–Crippen MR) is 87.8 cm³/mol. The summed E-state index contributed by atoms with van der Waals surface area (Å²) in [4.78, 5) is 0. The highest BCUT2D eigenvalue weighted by Gasteiger charge is 2.13. The molecule has 0 bridgehead atoms. The molecule has 0 amide bonds. The maximum Gasteiger partial charge on any atom is 0.0646 e. The van der Waals surface area contributed by atoms with Crippen LogP contribution in [0.1, 0.15) is 22.3 Å². The molecule has 92 valence electrons. The second-order valence-electron chi connectivity index (χ2n) is 5.24. The number of hydrogen-bond acceptors (Lipinski definition) is 0. The molecule has 0 aliphatic rings. The van der Waals surface area contributed by atoms with Gasteiger partial charge in [0.25, 0.3) is 0 Å². The van der Waals surface area contributed by atoms with E-state index in [2.05, 4.69) is 77.6 Å². The topological polar surface area (TPSA) is 4.93 Å². The third-order valence-electron chi connectivity index (χ3n) is 3.57. The van der Waals surface area contributed by atoms with E-state index in [4.69, 9.17) is 0 Å². The summed E-state index contributed by atoms with van der Waals surface area (Å²) in [5, 5.41) is 2.76. The normalized spacial score (nSPS) is 11.6. The van der Waals surface area contributed by atoms with Gasteiger partial charge in [-0.2, -0.15) is 0 Å². The Morgan fingerprint density at radius 1 is 0.722 bits per heavy atom. The first-order valence-corrected chi connectivity index (χ1v) is 7.14. The number of aromatic nitrogens is 1. The van der Waals surface area contributed by atoms with Crippen LogP contribution in [0.15, 0.2) is 24.3 Å². The molecule has 0 aliphatic carbocycles. The van der Waals surface area contributed by atoms with Crippen molar-refractivity contribution in [3.05, 3.63) is 46.5 Å². The van der Waals surface area contributed by atoms with Gasteiger partial charge < -0.3 is 0 Å². The van der Waals surface area contributed by atoms with E-state index >= 15 is 0 Å². The molecule has 3 aromatic rings. The zero-order valence-corrected chi connectivity index (χ0v) is 13.3. The SMILES string of the molecule is Cc1cc(C)c2c(c1)c1cc(C)cc(C)c1n2I. The number of nitrogens with zero attached hydrogens (tertiary/aromatic N) is 1. The molecule has 0 aliphatic heterocycles. The highest BCUT2D eigenvalue weighted by atomic mass is 127. The highest BCUT2D eigenvalue weighted by molar-refractivity contribution is 14.1. The maximum absolute atomic E-state index is 2.42.